The van der Waals surface area contributed by atoms with Gasteiger partial charge in [-0.3, -0.25) is 14.5 Å². The molecule has 1 atom stereocenters. The first kappa shape index (κ1) is 13.5. The van der Waals surface area contributed by atoms with Gasteiger partial charge in [-0.05, 0) is 32.0 Å². The van der Waals surface area contributed by atoms with Crippen LogP contribution < -0.4 is 4.90 Å². The average Bonchev–Trinajstić information content (AvgIpc) is 2.39. The molecule has 19 heavy (non-hydrogen) atoms. The summed E-state index contributed by atoms with van der Waals surface area (Å²) in [7, 11) is 1.69. The van der Waals surface area contributed by atoms with Gasteiger partial charge in [-0.25, -0.2) is 0 Å². The first-order valence-corrected chi connectivity index (χ1v) is 6.38. The van der Waals surface area contributed by atoms with Crippen molar-refractivity contribution in [2.75, 3.05) is 25.0 Å². The van der Waals surface area contributed by atoms with E-state index in [9.17, 15) is 9.59 Å². The number of rotatable bonds is 4. The molecular formula is C14H18N2O3. The maximum absolute atomic E-state index is 12.4. The van der Waals surface area contributed by atoms with Crippen molar-refractivity contribution in [3.63, 3.8) is 0 Å². The molecule has 5 heteroatoms. The number of carboxylic acid groups (broad SMARTS) is 1. The zero-order valence-corrected chi connectivity index (χ0v) is 11.0. The molecule has 0 aliphatic carbocycles. The highest BCUT2D eigenvalue weighted by Crippen LogP contribution is 2.22. The summed E-state index contributed by atoms with van der Waals surface area (Å²) < 4.78 is 0. The van der Waals surface area contributed by atoms with Crippen LogP contribution in [0.4, 0.5) is 5.69 Å². The van der Waals surface area contributed by atoms with Gasteiger partial charge in [0, 0.05) is 12.2 Å². The van der Waals surface area contributed by atoms with Crippen molar-refractivity contribution in [3.8, 4) is 0 Å². The SMILES string of the molecule is CN(CC(=O)O)[C@@H]1CCCN(c2ccccc2)C1=O. The van der Waals surface area contributed by atoms with Gasteiger partial charge in [0.1, 0.15) is 0 Å². The molecule has 0 radical (unpaired) electrons. The summed E-state index contributed by atoms with van der Waals surface area (Å²) in [5, 5.41) is 8.82. The highest BCUT2D eigenvalue weighted by Gasteiger charge is 2.32. The first-order valence-electron chi connectivity index (χ1n) is 6.38. The second-order valence-electron chi connectivity index (χ2n) is 4.79. The number of anilines is 1. The molecule has 0 saturated carbocycles. The van der Waals surface area contributed by atoms with E-state index in [0.29, 0.717) is 13.0 Å². The van der Waals surface area contributed by atoms with E-state index in [2.05, 4.69) is 0 Å². The fourth-order valence-electron chi connectivity index (χ4n) is 2.45. The summed E-state index contributed by atoms with van der Waals surface area (Å²) in [5.74, 6) is -0.923. The Morgan fingerprint density at radius 3 is 2.74 bits per heavy atom. The molecule has 1 fully saturated rings. The fraction of sp³-hybridized carbons (Fsp3) is 0.429. The molecule has 1 N–H and O–H groups in total. The van der Waals surface area contributed by atoms with Gasteiger partial charge in [-0.15, -0.1) is 0 Å². The van der Waals surface area contributed by atoms with Crippen molar-refractivity contribution in [2.24, 2.45) is 0 Å². The predicted molar refractivity (Wildman–Crippen MR) is 72.1 cm³/mol. The second-order valence-corrected chi connectivity index (χ2v) is 4.79. The number of hydrogen-bond acceptors (Lipinski definition) is 3. The van der Waals surface area contributed by atoms with Gasteiger partial charge in [-0.1, -0.05) is 18.2 Å². The molecular weight excluding hydrogens is 244 g/mol. The summed E-state index contributed by atoms with van der Waals surface area (Å²) in [5.41, 5.74) is 0.876. The maximum Gasteiger partial charge on any atom is 0.317 e. The Hall–Kier alpha value is -1.88. The van der Waals surface area contributed by atoms with Crippen LogP contribution >= 0.6 is 0 Å². The number of carboxylic acids is 1. The van der Waals surface area contributed by atoms with Gasteiger partial charge >= 0.3 is 5.97 Å². The minimum atomic E-state index is -0.910. The number of benzene rings is 1. The number of hydrogen-bond donors (Lipinski definition) is 1. The van der Waals surface area contributed by atoms with Gasteiger partial charge in [0.15, 0.2) is 0 Å². The molecule has 1 aromatic rings. The first-order chi connectivity index (χ1) is 9.09. The standard InChI is InChI=1S/C14H18N2O3/c1-15(10-13(17)18)12-8-5-9-16(14(12)19)11-6-3-2-4-7-11/h2-4,6-7,12H,5,8-10H2,1H3,(H,17,18)/t12-/m1/s1. The van der Waals surface area contributed by atoms with Crippen LogP contribution in [0.5, 0.6) is 0 Å². The molecule has 0 unspecified atom stereocenters. The summed E-state index contributed by atoms with van der Waals surface area (Å²) in [6.45, 7) is 0.583. The highest BCUT2D eigenvalue weighted by atomic mass is 16.4. The van der Waals surface area contributed by atoms with Gasteiger partial charge in [0.25, 0.3) is 0 Å². The lowest BCUT2D eigenvalue weighted by Crippen LogP contribution is -2.52. The number of piperidine rings is 1. The lowest BCUT2D eigenvalue weighted by atomic mass is 10.0. The van der Waals surface area contributed by atoms with E-state index in [1.165, 1.54) is 0 Å². The van der Waals surface area contributed by atoms with Crippen molar-refractivity contribution in [1.29, 1.82) is 0 Å². The third-order valence-electron chi connectivity index (χ3n) is 3.39. The van der Waals surface area contributed by atoms with Crippen molar-refractivity contribution >= 4 is 17.6 Å². The Labute approximate surface area is 112 Å². The average molecular weight is 262 g/mol. The smallest absolute Gasteiger partial charge is 0.317 e. The lowest BCUT2D eigenvalue weighted by molar-refractivity contribution is -0.139. The third kappa shape index (κ3) is 3.12. The van der Waals surface area contributed by atoms with E-state index in [-0.39, 0.29) is 18.5 Å². The highest BCUT2D eigenvalue weighted by molar-refractivity contribution is 5.98. The molecule has 2 rings (SSSR count). The molecule has 0 aromatic heterocycles. The number of carbonyl (C=O) groups is 2. The molecule has 102 valence electrons. The topological polar surface area (TPSA) is 60.9 Å². The summed E-state index contributed by atoms with van der Waals surface area (Å²) in [4.78, 5) is 26.5. The van der Waals surface area contributed by atoms with Gasteiger partial charge < -0.3 is 10.0 Å². The van der Waals surface area contributed by atoms with E-state index in [0.717, 1.165) is 12.1 Å². The van der Waals surface area contributed by atoms with Crippen molar-refractivity contribution in [1.82, 2.24) is 4.90 Å². The Morgan fingerprint density at radius 2 is 2.11 bits per heavy atom. The normalized spacial score (nSPS) is 19.8. The lowest BCUT2D eigenvalue weighted by Gasteiger charge is -2.36. The second kappa shape index (κ2) is 5.84. The van der Waals surface area contributed by atoms with Crippen LogP contribution in [0.3, 0.4) is 0 Å². The molecule has 1 aromatic carbocycles. The molecule has 1 aliphatic rings. The van der Waals surface area contributed by atoms with Crippen LogP contribution in [-0.2, 0) is 9.59 Å². The van der Waals surface area contributed by atoms with Crippen LogP contribution in [0.15, 0.2) is 30.3 Å². The molecule has 1 saturated heterocycles. The molecule has 1 heterocycles. The number of carbonyl (C=O) groups excluding carboxylic acids is 1. The van der Waals surface area contributed by atoms with E-state index in [4.69, 9.17) is 5.11 Å². The molecule has 1 aliphatic heterocycles. The zero-order valence-electron chi connectivity index (χ0n) is 11.0. The van der Waals surface area contributed by atoms with Crippen LogP contribution in [0.1, 0.15) is 12.8 Å². The maximum atomic E-state index is 12.4. The fourth-order valence-corrected chi connectivity index (χ4v) is 2.45. The minimum absolute atomic E-state index is 0.0128. The van der Waals surface area contributed by atoms with Gasteiger partial charge in [0.2, 0.25) is 5.91 Å². The van der Waals surface area contributed by atoms with Crippen molar-refractivity contribution in [2.45, 2.75) is 18.9 Å². The van der Waals surface area contributed by atoms with E-state index in [1.54, 1.807) is 16.8 Å². The van der Waals surface area contributed by atoms with Crippen LogP contribution in [-0.4, -0.2) is 48.1 Å². The molecule has 1 amide bonds. The van der Waals surface area contributed by atoms with Crippen LogP contribution in [0.2, 0.25) is 0 Å². The van der Waals surface area contributed by atoms with E-state index in [1.807, 2.05) is 30.3 Å². The minimum Gasteiger partial charge on any atom is -0.480 e. The molecule has 5 nitrogen and oxygen atoms in total. The largest absolute Gasteiger partial charge is 0.480 e. The monoisotopic (exact) mass is 262 g/mol. The third-order valence-corrected chi connectivity index (χ3v) is 3.39. The summed E-state index contributed by atoms with van der Waals surface area (Å²) in [6.07, 6.45) is 1.60. The van der Waals surface area contributed by atoms with Crippen LogP contribution in [0.25, 0.3) is 0 Å². The molecule has 0 spiro atoms. The van der Waals surface area contributed by atoms with Crippen molar-refractivity contribution < 1.29 is 14.7 Å². The van der Waals surface area contributed by atoms with Crippen molar-refractivity contribution in [3.05, 3.63) is 30.3 Å². The predicted octanol–water partition coefficient (Wildman–Crippen LogP) is 1.20. The Balaban J connectivity index is 2.12. The zero-order chi connectivity index (χ0) is 13.8. The number of para-hydroxylation sites is 1. The Bertz CT molecular complexity index is 461. The summed E-state index contributed by atoms with van der Waals surface area (Å²) in [6, 6.07) is 9.16. The van der Waals surface area contributed by atoms with Gasteiger partial charge in [-0.2, -0.15) is 0 Å². The molecule has 0 bridgehead atoms. The van der Waals surface area contributed by atoms with E-state index >= 15 is 0 Å². The Kier molecular flexibility index (Phi) is 4.16. The number of amides is 1. The van der Waals surface area contributed by atoms with E-state index < -0.39 is 5.97 Å². The Morgan fingerprint density at radius 1 is 1.42 bits per heavy atom. The number of nitrogens with zero attached hydrogens (tertiary/aromatic N) is 2. The summed E-state index contributed by atoms with van der Waals surface area (Å²) >= 11 is 0. The quantitative estimate of drug-likeness (QED) is 0.885. The van der Waals surface area contributed by atoms with Gasteiger partial charge in [0.05, 0.1) is 12.6 Å². The number of aliphatic carboxylic acids is 1. The number of likely N-dealkylation sites (N-methyl/N-ethyl adjacent to an activating group) is 1. The van der Waals surface area contributed by atoms with Crippen LogP contribution in [0, 0.1) is 0 Å².